The van der Waals surface area contributed by atoms with E-state index in [1.165, 1.54) is 230 Å². The first-order valence-electron chi connectivity index (χ1n) is 58.5. The zero-order valence-corrected chi connectivity index (χ0v) is 90.4. The van der Waals surface area contributed by atoms with E-state index in [9.17, 15) is 38.7 Å². The smallest absolute Gasteiger partial charge is 0.267 e. The van der Waals surface area contributed by atoms with Gasteiger partial charge in [0.05, 0.1) is 68.5 Å². The Morgan fingerprint density at radius 3 is 0.973 bits per heavy atom. The number of alkyl halides is 3. The number of rotatable bonds is 19. The van der Waals surface area contributed by atoms with Crippen molar-refractivity contribution in [3.63, 3.8) is 0 Å². The number of aromatic nitrogens is 19. The van der Waals surface area contributed by atoms with Crippen LogP contribution in [0.4, 0.5) is 13.2 Å². The van der Waals surface area contributed by atoms with E-state index < -0.39 is 41.1 Å². The van der Waals surface area contributed by atoms with Gasteiger partial charge in [0.25, 0.3) is 6.43 Å². The molecule has 808 valence electrons. The minimum atomic E-state index is -2.65. The van der Waals surface area contributed by atoms with Crippen LogP contribution in [0, 0.1) is 193 Å². The molecule has 26 rings (SSSR count). The first-order valence-corrected chi connectivity index (χ1v) is 58.5. The monoisotopic (exact) mass is 2040 g/mol. The summed E-state index contributed by atoms with van der Waals surface area (Å²) in [5.74, 6) is 24.1. The van der Waals surface area contributed by atoms with Gasteiger partial charge >= 0.3 is 0 Å². The molecule has 0 spiro atoms. The Labute approximate surface area is 882 Å². The molecule has 25 nitrogen and oxygen atoms in total. The van der Waals surface area contributed by atoms with Crippen molar-refractivity contribution in [2.24, 2.45) is 181 Å². The molecule has 5 aromatic rings. The molecular formula is C121H172F3N19O6. The van der Waals surface area contributed by atoms with Gasteiger partial charge in [-0.15, -0.1) is 40.8 Å². The standard InChI is InChI=1S/C27H36N4O.C24H33F2N3O.C24H36N4O2.C23H33FN4O.C23H34N4O/c1-18(16-31-29-17-28-30-31)24-7-8-25-23-6-5-20-15-27(32,13-9-19-3-4-19)14-11-21(20)22(23)10-12-26(24,25)2;1-15(14-29-27-11-12-28-29)20-5-6-21-19-4-3-16-13-24(30,22(25)26)10-8-17(16)18(19)7-9-23(20,21)2;1-16(13-28-26-15-25-27-28)21-6-7-22-20-5-4-17-12-24(29,14-30-3)11-9-18(17)19(20)8-10-23(21,22)2;1-15(12-28-26-14-25-27-28)20-5-6-21-19-4-3-16-11-23(29,13-24)10-8-17(16)18(19)7-9-22(20,21)2;1-15(13-27-25-14-24-26-27)20-6-7-21-19-5-4-16-12-22(2,28)10-8-17(16)18(19)9-11-23(20,21)3/h5,17,19,21-25,32H,1,3-4,6-8,10-12,14-16H2,2H3;3,11-12,17-22,30H,1,4-10,13-14H2,2H3;4,15,18-22,29H,1,5-14H2,2-3H3;3,14,17-21,29H,1,4-13H2,2H3;4,14,17-21,28H,1,5-13H2,2-3H3/t21-,22+,23+,24+,25-,26+,27-;17-,18+,19+,20+,21-,23+,24-;18-,19+,20+,21+,22-,23+,24-;17-,18+,19+,20+,21-,22+,23-;17-,18+,19+,20+,21-,22-,23+/m00000/s1. The van der Waals surface area contributed by atoms with E-state index in [-0.39, 0.29) is 18.3 Å². The molecule has 5 heterocycles. The van der Waals surface area contributed by atoms with Crippen LogP contribution in [0.3, 0.4) is 0 Å². The van der Waals surface area contributed by atoms with Crippen LogP contribution in [0.25, 0.3) is 0 Å². The van der Waals surface area contributed by atoms with E-state index in [1.54, 1.807) is 49.1 Å². The van der Waals surface area contributed by atoms with Crippen LogP contribution in [0.1, 0.15) is 311 Å². The molecule has 0 aliphatic heterocycles. The molecular weight excluding hydrogens is 1870 g/mol. The highest BCUT2D eigenvalue weighted by Gasteiger charge is 2.65. The number of nitrogens with zero attached hydrogens (tertiary/aromatic N) is 19. The molecule has 0 unspecified atom stereocenters. The molecule has 28 heteroatoms. The highest BCUT2D eigenvalue weighted by Crippen LogP contribution is 2.72. The lowest BCUT2D eigenvalue weighted by Gasteiger charge is -2.54. The fourth-order valence-electron chi connectivity index (χ4n) is 39.3. The van der Waals surface area contributed by atoms with Crippen LogP contribution in [0.2, 0.25) is 0 Å². The van der Waals surface area contributed by atoms with E-state index in [0.29, 0.717) is 163 Å². The van der Waals surface area contributed by atoms with E-state index in [2.05, 4.69) is 182 Å². The maximum absolute atomic E-state index is 13.4. The zero-order chi connectivity index (χ0) is 104. The Hall–Kier alpha value is -8.07. The van der Waals surface area contributed by atoms with Crippen molar-refractivity contribution in [3.05, 3.63) is 157 Å². The van der Waals surface area contributed by atoms with Gasteiger partial charge in [-0.3, -0.25) is 0 Å². The normalized spacial score (nSPS) is 43.4. The van der Waals surface area contributed by atoms with Crippen molar-refractivity contribution >= 4 is 0 Å². The predicted molar refractivity (Wildman–Crippen MR) is 565 cm³/mol. The minimum absolute atomic E-state index is 0.163. The first-order chi connectivity index (χ1) is 71.5. The molecule has 5 aromatic heterocycles. The van der Waals surface area contributed by atoms with Gasteiger partial charge in [0.2, 0.25) is 0 Å². The summed E-state index contributed by atoms with van der Waals surface area (Å²) in [5.41, 5.74) is 10.1. The summed E-state index contributed by atoms with van der Waals surface area (Å²) in [6.07, 6.45) is 64.1. The molecule has 0 amide bonds. The molecule has 5 N–H and O–H groups in total. The molecule has 16 saturated carbocycles. The second-order valence-electron chi connectivity index (χ2n) is 53.9. The summed E-state index contributed by atoms with van der Waals surface area (Å²) in [6.45, 7) is 40.1. The fourth-order valence-corrected chi connectivity index (χ4v) is 39.3. The summed E-state index contributed by atoms with van der Waals surface area (Å²) < 4.78 is 45.4. The average Bonchev–Trinajstić information content (AvgIpc) is 1.69. The fraction of sp³-hybridized carbons (Fsp3) is 0.769. The number of hydrogen-bond acceptors (Lipinski definition) is 20. The molecule has 21 aliphatic rings. The summed E-state index contributed by atoms with van der Waals surface area (Å²) in [4.78, 5) is 8.40. The van der Waals surface area contributed by atoms with Crippen molar-refractivity contribution < 1.29 is 43.4 Å². The lowest BCUT2D eigenvalue weighted by Crippen LogP contribution is -2.49. The van der Waals surface area contributed by atoms with Gasteiger partial charge < -0.3 is 30.3 Å². The third-order valence-corrected chi connectivity index (χ3v) is 46.3. The number of ether oxygens (including phenoxy) is 1. The third kappa shape index (κ3) is 20.1. The number of hydrogen-bond donors (Lipinski definition) is 5. The van der Waals surface area contributed by atoms with Gasteiger partial charge in [-0.05, 0) is 460 Å². The maximum atomic E-state index is 13.4. The number of allylic oxidation sites excluding steroid dienone is 10. The third-order valence-electron chi connectivity index (χ3n) is 46.3. The lowest BCUT2D eigenvalue weighted by molar-refractivity contribution is -0.119. The number of methoxy groups -OCH3 is 1. The van der Waals surface area contributed by atoms with Gasteiger partial charge in [0, 0.05) is 25.9 Å². The van der Waals surface area contributed by atoms with Crippen LogP contribution in [-0.2, 0) is 37.5 Å². The highest BCUT2D eigenvalue weighted by atomic mass is 19.3. The topological polar surface area (TPSA) is 315 Å². The number of aliphatic hydroxyl groups is 5. The summed E-state index contributed by atoms with van der Waals surface area (Å²) in [5, 5.41) is 110. The van der Waals surface area contributed by atoms with Gasteiger partial charge in [-0.1, -0.05) is 165 Å². The summed E-state index contributed by atoms with van der Waals surface area (Å²) in [7, 11) is 1.70. The number of fused-ring (bicyclic) bond motifs is 25. The summed E-state index contributed by atoms with van der Waals surface area (Å²) in [6, 6.07) is 0. The van der Waals surface area contributed by atoms with Crippen LogP contribution >= 0.6 is 0 Å². The Kier molecular flexibility index (Phi) is 29.4. The molecule has 35 atom stereocenters. The second-order valence-corrected chi connectivity index (χ2v) is 53.9. The van der Waals surface area contributed by atoms with Gasteiger partial charge in [0.1, 0.15) is 17.9 Å². The Bertz CT molecular complexity index is 5860. The quantitative estimate of drug-likeness (QED) is 0.0379. The van der Waals surface area contributed by atoms with Gasteiger partial charge in [0.15, 0.2) is 25.3 Å². The van der Waals surface area contributed by atoms with Gasteiger partial charge in [-0.25, -0.2) is 13.2 Å². The van der Waals surface area contributed by atoms with E-state index in [4.69, 9.17) is 4.74 Å². The minimum Gasteiger partial charge on any atom is -0.390 e. The Morgan fingerprint density at radius 1 is 0.349 bits per heavy atom. The largest absolute Gasteiger partial charge is 0.390 e. The molecule has 0 radical (unpaired) electrons. The molecule has 16 fully saturated rings. The van der Waals surface area contributed by atoms with E-state index >= 15 is 0 Å². The Morgan fingerprint density at radius 2 is 0.651 bits per heavy atom. The maximum Gasteiger partial charge on any atom is 0.267 e. The SMILES string of the molecule is C=C(Cn1nccn1)[C@H]1CC[C@H]2[C@@H]3CC=C4C[C@](O)(C(F)F)CC[C@@H]4[C@H]3CC[C@]12C.C=C(Cn1ncnn1)[C@H]1CC[C@H]2[C@@H]3CC=C4C[C@@](C)(O)CC[C@@H]4[C@H]3CC[C@]12C.C=C(Cn1ncnn1)[C@H]1CC[C@H]2[C@@H]3CC=C4C[C@](O)(C#CC5CC5)CC[C@@H]4[C@H]3CC[C@]12C.C=C(Cn1ncnn1)[C@H]1CC[C@H]2[C@@H]3CC=C4C[C@](O)(CF)CC[C@@H]4[C@H]3CC[C@]12C.C=C(Cn1ncnn1)[C@H]1CC[C@H]2[C@@H]3CC=C4C[C@](O)(COC)CC[C@@H]4[C@H]3CC[C@]12C. The molecule has 0 saturated heterocycles. The van der Waals surface area contributed by atoms with Crippen molar-refractivity contribution in [1.29, 1.82) is 0 Å². The van der Waals surface area contributed by atoms with Crippen LogP contribution in [0.15, 0.2) is 157 Å². The van der Waals surface area contributed by atoms with Crippen molar-refractivity contribution in [2.75, 3.05) is 20.4 Å². The van der Waals surface area contributed by atoms with Crippen LogP contribution in [-0.4, -0.2) is 176 Å². The first kappa shape index (κ1) is 105. The lowest BCUT2D eigenvalue weighted by atomic mass is 9.51. The van der Waals surface area contributed by atoms with Gasteiger partial charge in [-0.2, -0.15) is 34.2 Å². The van der Waals surface area contributed by atoms with E-state index in [1.807, 2.05) is 6.92 Å². The van der Waals surface area contributed by atoms with Crippen molar-refractivity contribution in [1.82, 2.24) is 95.8 Å². The second kappa shape index (κ2) is 41.6. The van der Waals surface area contributed by atoms with Crippen molar-refractivity contribution in [3.8, 4) is 11.8 Å². The molecule has 21 aliphatic carbocycles. The van der Waals surface area contributed by atoms with Crippen LogP contribution < -0.4 is 0 Å². The molecule has 149 heavy (non-hydrogen) atoms. The Balaban J connectivity index is 0.000000105. The number of halogens is 3. The average molecular weight is 2050 g/mol. The van der Waals surface area contributed by atoms with Crippen LogP contribution in [0.5, 0.6) is 0 Å². The zero-order valence-electron chi connectivity index (χ0n) is 90.4. The van der Waals surface area contributed by atoms with Crippen molar-refractivity contribution in [2.45, 2.75) is 378 Å². The molecule has 0 aromatic carbocycles. The van der Waals surface area contributed by atoms with E-state index in [0.717, 1.165) is 154 Å². The molecule has 0 bridgehead atoms. The summed E-state index contributed by atoms with van der Waals surface area (Å²) >= 11 is 0. The predicted octanol–water partition coefficient (Wildman–Crippen LogP) is 21.7. The highest BCUT2D eigenvalue weighted by molar-refractivity contribution is 5.33. The number of tetrazole rings is 4.